The first kappa shape index (κ1) is 23.6. The highest BCUT2D eigenvalue weighted by atomic mass is 35.5. The lowest BCUT2D eigenvalue weighted by Crippen LogP contribution is -2.27. The SMILES string of the molecule is CCN(CC)CCOc1ccc(COc2cccc3c(Cl)c(Cl)ccc23)cc1.Cl. The van der Waals surface area contributed by atoms with Crippen molar-refractivity contribution in [1.82, 2.24) is 4.90 Å². The van der Waals surface area contributed by atoms with Gasteiger partial charge >= 0.3 is 0 Å². The fourth-order valence-corrected chi connectivity index (χ4v) is 3.46. The molecule has 0 aliphatic rings. The predicted molar refractivity (Wildman–Crippen MR) is 125 cm³/mol. The molecule has 29 heavy (non-hydrogen) atoms. The Kier molecular flexibility index (Phi) is 9.38. The first-order valence-corrected chi connectivity index (χ1v) is 10.3. The molecule has 3 aromatic rings. The molecule has 3 nitrogen and oxygen atoms in total. The molecule has 0 radical (unpaired) electrons. The van der Waals surface area contributed by atoms with Crippen molar-refractivity contribution in [1.29, 1.82) is 0 Å². The Balaban J connectivity index is 0.00000300. The number of nitrogens with zero attached hydrogens (tertiary/aromatic N) is 1. The molecule has 0 atom stereocenters. The molecule has 3 aromatic carbocycles. The predicted octanol–water partition coefficient (Wildman–Crippen LogP) is 6.87. The number of halogens is 3. The van der Waals surface area contributed by atoms with E-state index < -0.39 is 0 Å². The monoisotopic (exact) mass is 453 g/mol. The van der Waals surface area contributed by atoms with Gasteiger partial charge in [0.05, 0.1) is 10.0 Å². The van der Waals surface area contributed by atoms with E-state index in [1.165, 1.54) is 0 Å². The molecule has 0 heterocycles. The lowest BCUT2D eigenvalue weighted by atomic mass is 10.1. The Morgan fingerprint density at radius 1 is 0.828 bits per heavy atom. The summed E-state index contributed by atoms with van der Waals surface area (Å²) in [5, 5.41) is 2.94. The zero-order valence-corrected chi connectivity index (χ0v) is 19.0. The van der Waals surface area contributed by atoms with Gasteiger partial charge in [-0.15, -0.1) is 12.4 Å². The van der Waals surface area contributed by atoms with Crippen LogP contribution >= 0.6 is 35.6 Å². The van der Waals surface area contributed by atoms with Gasteiger partial charge in [-0.2, -0.15) is 0 Å². The highest BCUT2D eigenvalue weighted by Crippen LogP contribution is 2.35. The molecule has 0 aromatic heterocycles. The molecular weight excluding hydrogens is 429 g/mol. The average Bonchev–Trinajstić information content (AvgIpc) is 2.73. The normalized spacial score (nSPS) is 10.8. The maximum atomic E-state index is 6.31. The molecule has 0 unspecified atom stereocenters. The fourth-order valence-electron chi connectivity index (χ4n) is 3.07. The van der Waals surface area contributed by atoms with Crippen LogP contribution < -0.4 is 9.47 Å². The van der Waals surface area contributed by atoms with E-state index in [4.69, 9.17) is 32.7 Å². The lowest BCUT2D eigenvalue weighted by Gasteiger charge is -2.18. The van der Waals surface area contributed by atoms with E-state index in [0.717, 1.165) is 47.5 Å². The maximum absolute atomic E-state index is 6.31. The van der Waals surface area contributed by atoms with E-state index in [9.17, 15) is 0 Å². The number of benzene rings is 3. The van der Waals surface area contributed by atoms with Crippen molar-refractivity contribution in [2.24, 2.45) is 0 Å². The average molecular weight is 455 g/mol. The quantitative estimate of drug-likeness (QED) is 0.352. The molecule has 3 rings (SSSR count). The fraction of sp³-hybridized carbons (Fsp3) is 0.304. The van der Waals surface area contributed by atoms with E-state index in [-0.39, 0.29) is 12.4 Å². The third kappa shape index (κ3) is 6.16. The molecule has 0 N–H and O–H groups in total. The van der Waals surface area contributed by atoms with Crippen molar-refractivity contribution in [2.45, 2.75) is 20.5 Å². The van der Waals surface area contributed by atoms with Crippen molar-refractivity contribution in [3.63, 3.8) is 0 Å². The van der Waals surface area contributed by atoms with Crippen LogP contribution in [0, 0.1) is 0 Å². The smallest absolute Gasteiger partial charge is 0.127 e. The molecule has 0 saturated heterocycles. The van der Waals surface area contributed by atoms with E-state index >= 15 is 0 Å². The van der Waals surface area contributed by atoms with Crippen LogP contribution in [0.2, 0.25) is 10.0 Å². The summed E-state index contributed by atoms with van der Waals surface area (Å²) in [6.45, 7) is 8.51. The van der Waals surface area contributed by atoms with Gasteiger partial charge in [0.2, 0.25) is 0 Å². The number of fused-ring (bicyclic) bond motifs is 1. The molecule has 6 heteroatoms. The Bertz CT molecular complexity index is 912. The second kappa shape index (κ2) is 11.5. The van der Waals surface area contributed by atoms with Gasteiger partial charge in [-0.3, -0.25) is 0 Å². The minimum Gasteiger partial charge on any atom is -0.492 e. The van der Waals surface area contributed by atoms with Gasteiger partial charge in [-0.05, 0) is 49.0 Å². The molecular formula is C23H26Cl3NO2. The first-order valence-electron chi connectivity index (χ1n) is 9.56. The topological polar surface area (TPSA) is 21.7 Å². The maximum Gasteiger partial charge on any atom is 0.127 e. The van der Waals surface area contributed by atoms with Crippen molar-refractivity contribution >= 4 is 46.4 Å². The van der Waals surface area contributed by atoms with Crippen molar-refractivity contribution < 1.29 is 9.47 Å². The molecule has 156 valence electrons. The molecule has 0 amide bonds. The number of likely N-dealkylation sites (N-methyl/N-ethyl adjacent to an activating group) is 1. The van der Waals surface area contributed by atoms with Crippen molar-refractivity contribution in [3.8, 4) is 11.5 Å². The Morgan fingerprint density at radius 3 is 2.24 bits per heavy atom. The molecule has 0 aliphatic carbocycles. The summed E-state index contributed by atoms with van der Waals surface area (Å²) in [6.07, 6.45) is 0. The van der Waals surface area contributed by atoms with Crippen LogP contribution in [0.5, 0.6) is 11.5 Å². The van der Waals surface area contributed by atoms with Gasteiger partial charge < -0.3 is 14.4 Å². The minimum atomic E-state index is 0. The van der Waals surface area contributed by atoms with E-state index in [2.05, 4.69) is 18.7 Å². The molecule has 0 bridgehead atoms. The Hall–Kier alpha value is -1.65. The Labute approximate surface area is 188 Å². The number of ether oxygens (including phenoxy) is 2. The number of hydrogen-bond donors (Lipinski definition) is 0. The first-order chi connectivity index (χ1) is 13.6. The molecule has 0 fully saturated rings. The van der Waals surface area contributed by atoms with E-state index in [1.807, 2.05) is 48.5 Å². The summed E-state index contributed by atoms with van der Waals surface area (Å²) >= 11 is 12.4. The van der Waals surface area contributed by atoms with E-state index in [1.54, 1.807) is 6.07 Å². The van der Waals surface area contributed by atoms with Gasteiger partial charge in [-0.1, -0.05) is 61.3 Å². The van der Waals surface area contributed by atoms with Crippen LogP contribution in [-0.2, 0) is 6.61 Å². The zero-order valence-electron chi connectivity index (χ0n) is 16.7. The van der Waals surface area contributed by atoms with Gasteiger partial charge in [0.25, 0.3) is 0 Å². The second-order valence-corrected chi connectivity index (χ2v) is 7.31. The van der Waals surface area contributed by atoms with Gasteiger partial charge in [0.15, 0.2) is 0 Å². The van der Waals surface area contributed by atoms with Crippen molar-refractivity contribution in [3.05, 3.63) is 70.2 Å². The summed E-state index contributed by atoms with van der Waals surface area (Å²) in [6, 6.07) is 17.6. The molecule has 0 saturated carbocycles. The molecule has 0 spiro atoms. The third-order valence-electron chi connectivity index (χ3n) is 4.80. The van der Waals surface area contributed by atoms with Gasteiger partial charge in [0, 0.05) is 17.3 Å². The van der Waals surface area contributed by atoms with Crippen LogP contribution in [0.3, 0.4) is 0 Å². The standard InChI is InChI=1S/C23H25Cl2NO2.ClH/c1-3-26(4-2)14-15-27-18-10-8-17(9-11-18)16-28-22-7-5-6-20-19(22)12-13-21(24)23(20)25;/h5-13H,3-4,14-16H2,1-2H3;1H. The summed E-state index contributed by atoms with van der Waals surface area (Å²) < 4.78 is 11.9. The summed E-state index contributed by atoms with van der Waals surface area (Å²) in [5.74, 6) is 1.66. The number of hydrogen-bond acceptors (Lipinski definition) is 3. The van der Waals surface area contributed by atoms with Crippen LogP contribution in [0.25, 0.3) is 10.8 Å². The summed E-state index contributed by atoms with van der Waals surface area (Å²) in [7, 11) is 0. The third-order valence-corrected chi connectivity index (χ3v) is 5.62. The highest BCUT2D eigenvalue weighted by molar-refractivity contribution is 6.45. The van der Waals surface area contributed by atoms with Gasteiger partial charge in [0.1, 0.15) is 24.7 Å². The van der Waals surface area contributed by atoms with E-state index in [0.29, 0.717) is 23.3 Å². The van der Waals surface area contributed by atoms with Crippen molar-refractivity contribution in [2.75, 3.05) is 26.2 Å². The number of rotatable bonds is 9. The minimum absolute atomic E-state index is 0. The highest BCUT2D eigenvalue weighted by Gasteiger charge is 2.08. The van der Waals surface area contributed by atoms with Gasteiger partial charge in [-0.25, -0.2) is 0 Å². The lowest BCUT2D eigenvalue weighted by molar-refractivity contribution is 0.222. The van der Waals surface area contributed by atoms with Crippen LogP contribution in [0.1, 0.15) is 19.4 Å². The molecule has 0 aliphatic heterocycles. The van der Waals surface area contributed by atoms with Crippen LogP contribution in [0.4, 0.5) is 0 Å². The van der Waals surface area contributed by atoms with Crippen LogP contribution in [0.15, 0.2) is 54.6 Å². The zero-order chi connectivity index (χ0) is 19.9. The summed E-state index contributed by atoms with van der Waals surface area (Å²) in [5.41, 5.74) is 1.08. The largest absolute Gasteiger partial charge is 0.492 e. The Morgan fingerprint density at radius 2 is 1.55 bits per heavy atom. The van der Waals surface area contributed by atoms with Crippen LogP contribution in [-0.4, -0.2) is 31.1 Å². The second-order valence-electron chi connectivity index (χ2n) is 6.52. The summed E-state index contributed by atoms with van der Waals surface area (Å²) in [4.78, 5) is 2.34.